The molecule has 2 heterocycles. The number of likely N-dealkylation sites (N-methyl/N-ethyl adjacent to an activating group) is 1. The van der Waals surface area contributed by atoms with Crippen LogP contribution in [0.25, 0.3) is 0 Å². The van der Waals surface area contributed by atoms with Crippen molar-refractivity contribution in [2.45, 2.75) is 99.3 Å². The molecule has 2 amide bonds. The van der Waals surface area contributed by atoms with Crippen molar-refractivity contribution < 1.29 is 9.59 Å². The number of aldehydes is 1. The lowest BCUT2D eigenvalue weighted by Gasteiger charge is -2.25. The summed E-state index contributed by atoms with van der Waals surface area (Å²) in [5.74, 6) is 0. The minimum absolute atomic E-state index is 0.0816. The predicted molar refractivity (Wildman–Crippen MR) is 116 cm³/mol. The van der Waals surface area contributed by atoms with Crippen LogP contribution in [0.4, 0.5) is 4.79 Å². The summed E-state index contributed by atoms with van der Waals surface area (Å²) in [5, 5.41) is 2.98. The average molecular weight is 387 g/mol. The Bertz CT molecular complexity index is 407. The molecule has 6 heteroatoms. The second-order valence-corrected chi connectivity index (χ2v) is 8.02. The third-order valence-electron chi connectivity index (χ3n) is 4.67. The number of carbonyl (C=O) groups excluding carboxylic acids is 2. The van der Waals surface area contributed by atoms with Gasteiger partial charge < -0.3 is 25.6 Å². The number of hydrogen-bond acceptors (Lipinski definition) is 4. The lowest BCUT2D eigenvalue weighted by atomic mass is 9.89. The van der Waals surface area contributed by atoms with Crippen LogP contribution in [0.2, 0.25) is 0 Å². The van der Waals surface area contributed by atoms with E-state index in [1.54, 1.807) is 0 Å². The number of rotatable bonds is 2. The molecular formula is C21H46N4O2. The highest BCUT2D eigenvalue weighted by Crippen LogP contribution is 2.30. The number of nitrogens with two attached hydrogens (primary N) is 1. The number of urea groups is 1. The fourth-order valence-electron chi connectivity index (χ4n) is 2.99. The zero-order chi connectivity index (χ0) is 21.8. The predicted octanol–water partition coefficient (Wildman–Crippen LogP) is 3.49. The lowest BCUT2D eigenvalue weighted by molar-refractivity contribution is -0.110. The van der Waals surface area contributed by atoms with Gasteiger partial charge in [0.15, 0.2) is 0 Å². The van der Waals surface area contributed by atoms with E-state index in [1.165, 1.54) is 0 Å². The first-order valence-corrected chi connectivity index (χ1v) is 10.6. The normalized spacial score (nSPS) is 22.3. The van der Waals surface area contributed by atoms with Gasteiger partial charge in [0, 0.05) is 25.2 Å². The molecule has 0 aliphatic carbocycles. The van der Waals surface area contributed by atoms with Crippen molar-refractivity contribution in [1.82, 2.24) is 15.1 Å². The smallest absolute Gasteiger partial charge is 0.317 e. The van der Waals surface area contributed by atoms with Crippen molar-refractivity contribution in [1.29, 1.82) is 0 Å². The first-order chi connectivity index (χ1) is 12.6. The molecule has 0 saturated carbocycles. The molecule has 2 aliphatic rings. The van der Waals surface area contributed by atoms with E-state index in [4.69, 9.17) is 5.73 Å². The number of carbonyl (C=O) groups is 2. The van der Waals surface area contributed by atoms with Gasteiger partial charge in [0.25, 0.3) is 0 Å². The number of likely N-dealkylation sites (tertiary alicyclic amines) is 2. The monoisotopic (exact) mass is 386 g/mol. The van der Waals surface area contributed by atoms with E-state index < -0.39 is 0 Å². The highest BCUT2D eigenvalue weighted by Gasteiger charge is 2.42. The van der Waals surface area contributed by atoms with Gasteiger partial charge in [-0.25, -0.2) is 4.79 Å². The van der Waals surface area contributed by atoms with Crippen LogP contribution < -0.4 is 11.1 Å². The highest BCUT2D eigenvalue weighted by atomic mass is 16.2. The van der Waals surface area contributed by atoms with Crippen molar-refractivity contribution in [2.75, 3.05) is 20.1 Å². The van der Waals surface area contributed by atoms with E-state index in [0.717, 1.165) is 32.2 Å². The molecule has 162 valence electrons. The summed E-state index contributed by atoms with van der Waals surface area (Å²) in [4.78, 5) is 26.3. The van der Waals surface area contributed by atoms with Crippen molar-refractivity contribution in [3.05, 3.63) is 0 Å². The average Bonchev–Trinajstić information content (AvgIpc) is 3.20. The van der Waals surface area contributed by atoms with Crippen molar-refractivity contribution >= 4 is 12.3 Å². The molecule has 2 aliphatic heterocycles. The van der Waals surface area contributed by atoms with Crippen LogP contribution in [0.5, 0.6) is 0 Å². The summed E-state index contributed by atoms with van der Waals surface area (Å²) in [6, 6.07) is 1.07. The van der Waals surface area contributed by atoms with E-state index in [1.807, 2.05) is 67.2 Å². The molecule has 27 heavy (non-hydrogen) atoms. The van der Waals surface area contributed by atoms with E-state index in [2.05, 4.69) is 17.3 Å². The number of nitrogens with zero attached hydrogens (tertiary/aromatic N) is 2. The summed E-state index contributed by atoms with van der Waals surface area (Å²) in [5.41, 5.74) is 5.30. The van der Waals surface area contributed by atoms with Gasteiger partial charge in [-0.2, -0.15) is 0 Å². The molecule has 2 saturated heterocycles. The van der Waals surface area contributed by atoms with Crippen LogP contribution in [0, 0.1) is 5.41 Å². The molecule has 0 bridgehead atoms. The maximum atomic E-state index is 11.9. The molecule has 3 N–H and O–H groups in total. The Morgan fingerprint density at radius 2 is 1.56 bits per heavy atom. The van der Waals surface area contributed by atoms with Crippen LogP contribution >= 0.6 is 0 Å². The van der Waals surface area contributed by atoms with Gasteiger partial charge >= 0.3 is 6.03 Å². The Morgan fingerprint density at radius 3 is 1.93 bits per heavy atom. The molecular weight excluding hydrogens is 340 g/mol. The summed E-state index contributed by atoms with van der Waals surface area (Å²) < 4.78 is 0. The van der Waals surface area contributed by atoms with Crippen molar-refractivity contribution in [3.63, 3.8) is 0 Å². The molecule has 0 spiro atoms. The Balaban J connectivity index is 0. The van der Waals surface area contributed by atoms with E-state index in [0.29, 0.717) is 12.1 Å². The van der Waals surface area contributed by atoms with E-state index in [9.17, 15) is 9.59 Å². The molecule has 2 fully saturated rings. The van der Waals surface area contributed by atoms with Gasteiger partial charge in [-0.1, -0.05) is 48.5 Å². The van der Waals surface area contributed by atoms with Crippen LogP contribution in [-0.2, 0) is 4.79 Å². The number of nitrogens with one attached hydrogen (secondary N) is 1. The van der Waals surface area contributed by atoms with Crippen molar-refractivity contribution in [2.24, 2.45) is 11.1 Å². The number of amides is 2. The molecule has 0 radical (unpaired) electrons. The Kier molecular flexibility index (Phi) is 14.5. The minimum atomic E-state index is -0.331. The third-order valence-corrected chi connectivity index (χ3v) is 4.67. The summed E-state index contributed by atoms with van der Waals surface area (Å²) in [6.07, 6.45) is 3.04. The largest absolute Gasteiger partial charge is 0.336 e. The zero-order valence-electron chi connectivity index (χ0n) is 19.5. The molecule has 0 aromatic heterocycles. The second kappa shape index (κ2) is 13.9. The maximum absolute atomic E-state index is 11.9. The van der Waals surface area contributed by atoms with E-state index in [-0.39, 0.29) is 23.5 Å². The van der Waals surface area contributed by atoms with Gasteiger partial charge in [0.1, 0.15) is 6.29 Å². The van der Waals surface area contributed by atoms with Crippen LogP contribution in [0.3, 0.4) is 0 Å². The molecule has 0 aromatic carbocycles. The Labute approximate surface area is 168 Å². The molecule has 6 nitrogen and oxygen atoms in total. The van der Waals surface area contributed by atoms with Gasteiger partial charge in [-0.05, 0) is 39.2 Å². The second-order valence-electron chi connectivity index (χ2n) is 8.02. The summed E-state index contributed by atoms with van der Waals surface area (Å²) in [7, 11) is 2.16. The summed E-state index contributed by atoms with van der Waals surface area (Å²) >= 11 is 0. The van der Waals surface area contributed by atoms with Gasteiger partial charge in [0.05, 0.1) is 12.1 Å². The Hall–Kier alpha value is -1.14. The van der Waals surface area contributed by atoms with E-state index >= 15 is 0 Å². The van der Waals surface area contributed by atoms with Crippen LogP contribution in [0.15, 0.2) is 0 Å². The fourth-order valence-corrected chi connectivity index (χ4v) is 2.99. The number of fused-ring (bicyclic) bond motifs is 1. The highest BCUT2D eigenvalue weighted by molar-refractivity contribution is 5.75. The molecule has 0 aromatic rings. The zero-order valence-corrected chi connectivity index (χ0v) is 19.5. The molecule has 3 unspecified atom stereocenters. The third kappa shape index (κ3) is 9.56. The quantitative estimate of drug-likeness (QED) is 0.712. The van der Waals surface area contributed by atoms with Crippen LogP contribution in [-0.4, -0.2) is 66.4 Å². The SMILES string of the molecule is CC.CC.CC(C)(C)C(N)C=O.CC(C)NC(=O)N1CCC2C1CCN2C. The van der Waals surface area contributed by atoms with Gasteiger partial charge in [-0.3, -0.25) is 0 Å². The van der Waals surface area contributed by atoms with Gasteiger partial charge in [0.2, 0.25) is 0 Å². The van der Waals surface area contributed by atoms with Crippen molar-refractivity contribution in [3.8, 4) is 0 Å². The van der Waals surface area contributed by atoms with Crippen LogP contribution in [0.1, 0.15) is 75.2 Å². The fraction of sp³-hybridized carbons (Fsp3) is 0.905. The first-order valence-electron chi connectivity index (χ1n) is 10.6. The van der Waals surface area contributed by atoms with Gasteiger partial charge in [-0.15, -0.1) is 0 Å². The molecule has 3 atom stereocenters. The minimum Gasteiger partial charge on any atom is -0.336 e. The standard InChI is InChI=1S/C11H21N3O.C6H13NO.2C2H6/c1-8(2)12-11(15)14-7-5-9-10(14)4-6-13(9)3;1-6(2,3)5(7)4-8;2*1-2/h8-10H,4-7H2,1-3H3,(H,12,15);4-5H,7H2,1-3H3;2*1-2H3. The summed E-state index contributed by atoms with van der Waals surface area (Å²) in [6.45, 7) is 19.9. The molecule has 2 rings (SSSR count). The Morgan fingerprint density at radius 1 is 1.07 bits per heavy atom. The first kappa shape index (κ1) is 28.1. The lowest BCUT2D eigenvalue weighted by Crippen LogP contribution is -2.46. The topological polar surface area (TPSA) is 78.7 Å². The maximum Gasteiger partial charge on any atom is 0.317 e. The number of hydrogen-bond donors (Lipinski definition) is 2.